The van der Waals surface area contributed by atoms with Gasteiger partial charge in [0.1, 0.15) is 0 Å². The van der Waals surface area contributed by atoms with Crippen molar-refractivity contribution in [3.8, 4) is 0 Å². The molecular weight excluding hydrogens is 286 g/mol. The second-order valence-corrected chi connectivity index (χ2v) is 5.07. The van der Waals surface area contributed by atoms with Crippen molar-refractivity contribution in [1.29, 1.82) is 0 Å². The SMILES string of the molecule is Cl.NC1(C(=O)Nc2nnc(C(F)F)s2)CCCC1. The minimum atomic E-state index is -2.67. The lowest BCUT2D eigenvalue weighted by molar-refractivity contribution is -0.121. The van der Waals surface area contributed by atoms with Crippen LogP contribution in [0.4, 0.5) is 13.9 Å². The molecule has 1 aliphatic carbocycles. The van der Waals surface area contributed by atoms with Gasteiger partial charge < -0.3 is 5.73 Å². The minimum Gasteiger partial charge on any atom is -0.317 e. The zero-order valence-corrected chi connectivity index (χ0v) is 11.0. The summed E-state index contributed by atoms with van der Waals surface area (Å²) in [5.74, 6) is -0.369. The molecule has 1 amide bonds. The molecule has 5 nitrogen and oxygen atoms in total. The number of hydrogen-bond donors (Lipinski definition) is 2. The Balaban J connectivity index is 0.00000162. The van der Waals surface area contributed by atoms with Crippen molar-refractivity contribution in [2.75, 3.05) is 5.32 Å². The van der Waals surface area contributed by atoms with E-state index in [4.69, 9.17) is 5.73 Å². The van der Waals surface area contributed by atoms with Gasteiger partial charge in [-0.1, -0.05) is 24.2 Å². The van der Waals surface area contributed by atoms with Gasteiger partial charge in [0.05, 0.1) is 5.54 Å². The summed E-state index contributed by atoms with van der Waals surface area (Å²) in [6.45, 7) is 0. The second-order valence-electron chi connectivity index (χ2n) is 4.06. The monoisotopic (exact) mass is 298 g/mol. The second kappa shape index (κ2) is 5.85. The maximum atomic E-state index is 12.3. The van der Waals surface area contributed by atoms with E-state index in [1.807, 2.05) is 0 Å². The molecule has 1 fully saturated rings. The Hall–Kier alpha value is -0.860. The lowest BCUT2D eigenvalue weighted by Gasteiger charge is -2.20. The molecule has 0 aromatic carbocycles. The van der Waals surface area contributed by atoms with E-state index in [0.29, 0.717) is 24.2 Å². The Morgan fingerprint density at radius 3 is 2.50 bits per heavy atom. The molecule has 1 saturated carbocycles. The van der Waals surface area contributed by atoms with Crippen LogP contribution in [0.5, 0.6) is 0 Å². The maximum Gasteiger partial charge on any atom is 0.291 e. The number of nitrogens with one attached hydrogen (secondary N) is 1. The highest BCUT2D eigenvalue weighted by atomic mass is 35.5. The molecule has 0 atom stereocenters. The summed E-state index contributed by atoms with van der Waals surface area (Å²) in [5, 5.41) is 8.88. The Morgan fingerprint density at radius 1 is 1.39 bits per heavy atom. The molecule has 9 heteroatoms. The molecule has 0 bridgehead atoms. The zero-order chi connectivity index (χ0) is 12.5. The van der Waals surface area contributed by atoms with Crippen LogP contribution < -0.4 is 11.1 Å². The number of nitrogens with zero attached hydrogens (tertiary/aromatic N) is 2. The Labute approximate surface area is 113 Å². The average molecular weight is 299 g/mol. The lowest BCUT2D eigenvalue weighted by Crippen LogP contribution is -2.48. The van der Waals surface area contributed by atoms with Gasteiger partial charge in [0.25, 0.3) is 6.43 Å². The Kier molecular flexibility index (Phi) is 4.94. The van der Waals surface area contributed by atoms with Gasteiger partial charge in [-0.3, -0.25) is 10.1 Å². The molecule has 1 aromatic rings. The normalized spacial score (nSPS) is 17.6. The van der Waals surface area contributed by atoms with Gasteiger partial charge in [-0.05, 0) is 12.8 Å². The fourth-order valence-corrected chi connectivity index (χ4v) is 2.42. The van der Waals surface area contributed by atoms with E-state index in [1.165, 1.54) is 0 Å². The summed E-state index contributed by atoms with van der Waals surface area (Å²) >= 11 is 0.667. The number of rotatable bonds is 3. The quantitative estimate of drug-likeness (QED) is 0.895. The number of anilines is 1. The van der Waals surface area contributed by atoms with Crippen LogP contribution in [0.1, 0.15) is 37.1 Å². The van der Waals surface area contributed by atoms with Crippen molar-refractivity contribution in [2.24, 2.45) is 5.73 Å². The molecule has 0 saturated heterocycles. The van der Waals surface area contributed by atoms with Gasteiger partial charge in [0, 0.05) is 0 Å². The third kappa shape index (κ3) is 3.12. The number of amides is 1. The summed E-state index contributed by atoms with van der Waals surface area (Å²) in [6, 6.07) is 0. The summed E-state index contributed by atoms with van der Waals surface area (Å²) in [7, 11) is 0. The number of carbonyl (C=O) groups excluding carboxylic acids is 1. The van der Waals surface area contributed by atoms with Crippen LogP contribution in [0.25, 0.3) is 0 Å². The predicted molar refractivity (Wildman–Crippen MR) is 66.1 cm³/mol. The van der Waals surface area contributed by atoms with Gasteiger partial charge in [-0.25, -0.2) is 8.78 Å². The highest BCUT2D eigenvalue weighted by molar-refractivity contribution is 7.15. The van der Waals surface area contributed by atoms with Crippen molar-refractivity contribution in [2.45, 2.75) is 37.6 Å². The molecule has 0 unspecified atom stereocenters. The van der Waals surface area contributed by atoms with Crippen LogP contribution in [0.15, 0.2) is 0 Å². The summed E-state index contributed by atoms with van der Waals surface area (Å²) in [4.78, 5) is 11.8. The molecular formula is C9H13ClF2N4OS. The summed E-state index contributed by atoms with van der Waals surface area (Å²) < 4.78 is 24.5. The van der Waals surface area contributed by atoms with E-state index in [0.717, 1.165) is 12.8 Å². The Bertz CT molecular complexity index is 422. The van der Waals surface area contributed by atoms with E-state index in [-0.39, 0.29) is 23.4 Å². The number of nitrogens with two attached hydrogens (primary N) is 1. The van der Waals surface area contributed by atoms with Gasteiger partial charge in [0.2, 0.25) is 11.0 Å². The first-order chi connectivity index (χ1) is 8.01. The van der Waals surface area contributed by atoms with Crippen molar-refractivity contribution >= 4 is 34.8 Å². The van der Waals surface area contributed by atoms with E-state index < -0.39 is 17.0 Å². The largest absolute Gasteiger partial charge is 0.317 e. The minimum absolute atomic E-state index is 0. The van der Waals surface area contributed by atoms with Gasteiger partial charge in [0.15, 0.2) is 5.01 Å². The molecule has 1 aromatic heterocycles. The number of alkyl halides is 2. The molecule has 1 heterocycles. The molecule has 3 N–H and O–H groups in total. The highest BCUT2D eigenvalue weighted by Gasteiger charge is 2.37. The van der Waals surface area contributed by atoms with E-state index in [1.54, 1.807) is 0 Å². The van der Waals surface area contributed by atoms with Gasteiger partial charge in [-0.2, -0.15) is 0 Å². The third-order valence-electron chi connectivity index (χ3n) is 2.80. The molecule has 0 aliphatic heterocycles. The topological polar surface area (TPSA) is 80.9 Å². The average Bonchev–Trinajstić information content (AvgIpc) is 2.88. The van der Waals surface area contributed by atoms with Crippen LogP contribution in [0, 0.1) is 0 Å². The van der Waals surface area contributed by atoms with Crippen LogP contribution in [-0.4, -0.2) is 21.6 Å². The first-order valence-corrected chi connectivity index (χ1v) is 6.05. The van der Waals surface area contributed by atoms with Crippen LogP contribution in [-0.2, 0) is 4.79 Å². The number of hydrogen-bond acceptors (Lipinski definition) is 5. The first-order valence-electron chi connectivity index (χ1n) is 5.23. The van der Waals surface area contributed by atoms with Crippen molar-refractivity contribution < 1.29 is 13.6 Å². The number of aromatic nitrogens is 2. The van der Waals surface area contributed by atoms with Crippen LogP contribution in [0.3, 0.4) is 0 Å². The smallest absolute Gasteiger partial charge is 0.291 e. The highest BCUT2D eigenvalue weighted by Crippen LogP contribution is 2.30. The molecule has 2 rings (SSSR count). The zero-order valence-electron chi connectivity index (χ0n) is 9.36. The molecule has 102 valence electrons. The molecule has 18 heavy (non-hydrogen) atoms. The lowest BCUT2D eigenvalue weighted by atomic mass is 9.98. The number of carbonyl (C=O) groups is 1. The molecule has 1 aliphatic rings. The fourth-order valence-electron chi connectivity index (χ4n) is 1.83. The van der Waals surface area contributed by atoms with Crippen molar-refractivity contribution in [1.82, 2.24) is 10.2 Å². The summed E-state index contributed by atoms with van der Waals surface area (Å²) in [6.07, 6.45) is 0.361. The summed E-state index contributed by atoms with van der Waals surface area (Å²) in [5.41, 5.74) is 5.02. The van der Waals surface area contributed by atoms with Crippen LogP contribution in [0.2, 0.25) is 0 Å². The van der Waals surface area contributed by atoms with Gasteiger partial charge >= 0.3 is 0 Å². The molecule has 0 spiro atoms. The first kappa shape index (κ1) is 15.2. The van der Waals surface area contributed by atoms with Crippen molar-refractivity contribution in [3.63, 3.8) is 0 Å². The van der Waals surface area contributed by atoms with E-state index in [9.17, 15) is 13.6 Å². The maximum absolute atomic E-state index is 12.3. The standard InChI is InChI=1S/C9H12F2N4OS.ClH/c10-5(11)6-14-15-8(17-6)13-7(16)9(12)3-1-2-4-9;/h5H,1-4,12H2,(H,13,15,16);1H. The van der Waals surface area contributed by atoms with Crippen LogP contribution >= 0.6 is 23.7 Å². The Morgan fingerprint density at radius 2 is 2.00 bits per heavy atom. The van der Waals surface area contributed by atoms with E-state index >= 15 is 0 Å². The van der Waals surface area contributed by atoms with Gasteiger partial charge in [-0.15, -0.1) is 22.6 Å². The number of halogens is 3. The van der Waals surface area contributed by atoms with Crippen molar-refractivity contribution in [3.05, 3.63) is 5.01 Å². The molecule has 0 radical (unpaired) electrons. The predicted octanol–water partition coefficient (Wildman–Crippen LogP) is 2.11. The fraction of sp³-hybridized carbons (Fsp3) is 0.667. The van der Waals surface area contributed by atoms with E-state index in [2.05, 4.69) is 15.5 Å². The third-order valence-corrected chi connectivity index (χ3v) is 3.64.